The van der Waals surface area contributed by atoms with Gasteiger partial charge >= 0.3 is 5.97 Å². The van der Waals surface area contributed by atoms with Crippen LogP contribution in [0.1, 0.15) is 19.6 Å². The molecule has 0 bridgehead atoms. The van der Waals surface area contributed by atoms with Crippen molar-refractivity contribution in [1.82, 2.24) is 0 Å². The van der Waals surface area contributed by atoms with Gasteiger partial charge in [-0.3, -0.25) is 4.79 Å². The van der Waals surface area contributed by atoms with E-state index in [2.05, 4.69) is 0 Å². The highest BCUT2D eigenvalue weighted by Gasteiger charge is 2.22. The summed E-state index contributed by atoms with van der Waals surface area (Å²) in [4.78, 5) is 23.4. The summed E-state index contributed by atoms with van der Waals surface area (Å²) in [5, 5.41) is -0.272. The summed E-state index contributed by atoms with van der Waals surface area (Å²) < 4.78 is 34.9. The van der Waals surface area contributed by atoms with E-state index >= 15 is 0 Å². The number of ether oxygens (including phenoxy) is 1. The van der Waals surface area contributed by atoms with E-state index in [-0.39, 0.29) is 27.9 Å². The number of carbonyl (C=O) groups excluding carboxylic acids is 2. The SMILES string of the molecule is CCOC(=O)C(=Cc1ccc(S(=O)(=O)c2ccccc2)o1)C(C)=O. The molecule has 6 nitrogen and oxygen atoms in total. The highest BCUT2D eigenvalue weighted by molar-refractivity contribution is 7.91. The van der Waals surface area contributed by atoms with Gasteiger partial charge in [-0.2, -0.15) is 0 Å². The lowest BCUT2D eigenvalue weighted by Gasteiger charge is -2.02. The lowest BCUT2D eigenvalue weighted by molar-refractivity contribution is -0.139. The number of sulfone groups is 1. The highest BCUT2D eigenvalue weighted by atomic mass is 32.2. The molecule has 0 aliphatic carbocycles. The van der Waals surface area contributed by atoms with Crippen LogP contribution in [0.4, 0.5) is 0 Å². The fourth-order valence-corrected chi connectivity index (χ4v) is 3.13. The number of rotatable bonds is 6. The average Bonchev–Trinajstić information content (AvgIpc) is 3.03. The molecule has 0 unspecified atom stereocenters. The quantitative estimate of drug-likeness (QED) is 0.345. The maximum Gasteiger partial charge on any atom is 0.341 e. The molecule has 0 saturated heterocycles. The molecule has 1 aromatic heterocycles. The first-order valence-corrected chi connectivity index (χ1v) is 8.64. The standard InChI is InChI=1S/C17H16O6S/c1-3-22-17(19)15(12(2)18)11-13-9-10-16(23-13)24(20,21)14-7-5-4-6-8-14/h4-11H,3H2,1-2H3. The van der Waals surface area contributed by atoms with Crippen molar-refractivity contribution in [3.05, 3.63) is 53.8 Å². The van der Waals surface area contributed by atoms with Crippen molar-refractivity contribution >= 4 is 27.7 Å². The Labute approximate surface area is 139 Å². The van der Waals surface area contributed by atoms with Crippen LogP contribution >= 0.6 is 0 Å². The van der Waals surface area contributed by atoms with E-state index in [0.717, 1.165) is 0 Å². The Bertz CT molecular complexity index is 875. The van der Waals surface area contributed by atoms with Crippen molar-refractivity contribution in [2.75, 3.05) is 6.61 Å². The first-order valence-electron chi connectivity index (χ1n) is 7.16. The topological polar surface area (TPSA) is 90.7 Å². The molecule has 0 saturated carbocycles. The zero-order chi connectivity index (χ0) is 17.7. The molecule has 24 heavy (non-hydrogen) atoms. The zero-order valence-electron chi connectivity index (χ0n) is 13.2. The monoisotopic (exact) mass is 348 g/mol. The molecular formula is C17H16O6S. The van der Waals surface area contributed by atoms with E-state index in [0.29, 0.717) is 0 Å². The minimum atomic E-state index is -3.80. The number of hydrogen-bond donors (Lipinski definition) is 0. The van der Waals surface area contributed by atoms with Crippen LogP contribution < -0.4 is 0 Å². The van der Waals surface area contributed by atoms with Crippen LogP contribution in [-0.2, 0) is 24.2 Å². The molecule has 0 aliphatic rings. The normalized spacial score (nSPS) is 12.0. The number of carbonyl (C=O) groups is 2. The van der Waals surface area contributed by atoms with Gasteiger partial charge in [-0.05, 0) is 44.2 Å². The Morgan fingerprint density at radius 2 is 1.79 bits per heavy atom. The van der Waals surface area contributed by atoms with Crippen molar-refractivity contribution in [3.8, 4) is 0 Å². The molecular weight excluding hydrogens is 332 g/mol. The second-order valence-corrected chi connectivity index (χ2v) is 6.69. The third kappa shape index (κ3) is 3.80. The van der Waals surface area contributed by atoms with Crippen LogP contribution in [0.3, 0.4) is 0 Å². The van der Waals surface area contributed by atoms with Gasteiger partial charge in [-0.15, -0.1) is 0 Å². The second-order valence-electron chi connectivity index (χ2n) is 4.81. The Balaban J connectivity index is 2.38. The predicted octanol–water partition coefficient (Wildman–Crippen LogP) is 2.65. The van der Waals surface area contributed by atoms with Gasteiger partial charge in [0.15, 0.2) is 5.78 Å². The number of esters is 1. The van der Waals surface area contributed by atoms with Crippen molar-refractivity contribution in [2.24, 2.45) is 0 Å². The fourth-order valence-electron chi connectivity index (χ4n) is 1.93. The van der Waals surface area contributed by atoms with E-state index in [4.69, 9.17) is 9.15 Å². The summed E-state index contributed by atoms with van der Waals surface area (Å²) in [7, 11) is -3.80. The van der Waals surface area contributed by atoms with Crippen LogP contribution in [0.15, 0.2) is 62.4 Å². The Kier molecular flexibility index (Phi) is 5.35. The molecule has 0 N–H and O–H groups in total. The number of hydrogen-bond acceptors (Lipinski definition) is 6. The maximum absolute atomic E-state index is 12.4. The summed E-state index contributed by atoms with van der Waals surface area (Å²) in [6.45, 7) is 2.95. The van der Waals surface area contributed by atoms with Crippen LogP contribution in [0.25, 0.3) is 6.08 Å². The summed E-state index contributed by atoms with van der Waals surface area (Å²) in [6, 6.07) is 10.5. The first kappa shape index (κ1) is 17.7. The molecule has 1 heterocycles. The van der Waals surface area contributed by atoms with Crippen molar-refractivity contribution in [2.45, 2.75) is 23.8 Å². The molecule has 2 rings (SSSR count). The van der Waals surface area contributed by atoms with Gasteiger partial charge in [0, 0.05) is 0 Å². The zero-order valence-corrected chi connectivity index (χ0v) is 14.0. The maximum atomic E-state index is 12.4. The second kappa shape index (κ2) is 7.27. The summed E-state index contributed by atoms with van der Waals surface area (Å²) in [6.07, 6.45) is 1.17. The minimum absolute atomic E-state index is 0.0720. The largest absolute Gasteiger partial charge is 0.462 e. The van der Waals surface area contributed by atoms with Crippen molar-refractivity contribution in [1.29, 1.82) is 0 Å². The molecule has 0 amide bonds. The lowest BCUT2D eigenvalue weighted by Crippen LogP contribution is -2.13. The smallest absolute Gasteiger partial charge is 0.341 e. The Hall–Kier alpha value is -2.67. The van der Waals surface area contributed by atoms with E-state index in [1.54, 1.807) is 25.1 Å². The van der Waals surface area contributed by atoms with Gasteiger partial charge in [0.2, 0.25) is 14.9 Å². The van der Waals surface area contributed by atoms with Gasteiger partial charge < -0.3 is 9.15 Å². The molecule has 0 fully saturated rings. The first-order chi connectivity index (χ1) is 11.4. The third-order valence-electron chi connectivity index (χ3n) is 3.08. The molecule has 7 heteroatoms. The van der Waals surface area contributed by atoms with Crippen LogP contribution in [0.2, 0.25) is 0 Å². The lowest BCUT2D eigenvalue weighted by atomic mass is 10.1. The van der Waals surface area contributed by atoms with Gasteiger partial charge in [0.1, 0.15) is 11.3 Å². The average molecular weight is 348 g/mol. The van der Waals surface area contributed by atoms with E-state index in [1.165, 1.54) is 37.3 Å². The Morgan fingerprint density at radius 3 is 2.38 bits per heavy atom. The van der Waals surface area contributed by atoms with Crippen LogP contribution in [0.5, 0.6) is 0 Å². The number of Topliss-reactive ketones (excluding diaryl/α,β-unsaturated/α-hetero) is 1. The van der Waals surface area contributed by atoms with Crippen molar-refractivity contribution < 1.29 is 27.2 Å². The fraction of sp³-hybridized carbons (Fsp3) is 0.176. The number of ketones is 1. The van der Waals surface area contributed by atoms with Crippen LogP contribution in [-0.4, -0.2) is 26.8 Å². The molecule has 0 aliphatic heterocycles. The molecule has 0 radical (unpaired) electrons. The summed E-state index contributed by atoms with van der Waals surface area (Å²) in [5.41, 5.74) is -0.213. The third-order valence-corrected chi connectivity index (χ3v) is 4.72. The minimum Gasteiger partial charge on any atom is -0.462 e. The van der Waals surface area contributed by atoms with E-state index in [9.17, 15) is 18.0 Å². The predicted molar refractivity (Wildman–Crippen MR) is 85.9 cm³/mol. The molecule has 126 valence electrons. The number of furan rings is 1. The van der Waals surface area contributed by atoms with E-state index < -0.39 is 21.6 Å². The number of benzene rings is 1. The molecule has 2 aromatic rings. The molecule has 1 aromatic carbocycles. The molecule has 0 spiro atoms. The van der Waals surface area contributed by atoms with Gasteiger partial charge in [-0.25, -0.2) is 13.2 Å². The highest BCUT2D eigenvalue weighted by Crippen LogP contribution is 2.24. The van der Waals surface area contributed by atoms with Gasteiger partial charge in [-0.1, -0.05) is 18.2 Å². The van der Waals surface area contributed by atoms with Crippen LogP contribution in [0, 0.1) is 0 Å². The Morgan fingerprint density at radius 1 is 1.12 bits per heavy atom. The summed E-state index contributed by atoms with van der Waals surface area (Å²) >= 11 is 0. The molecule has 0 atom stereocenters. The van der Waals surface area contributed by atoms with Gasteiger partial charge in [0.05, 0.1) is 11.5 Å². The summed E-state index contributed by atoms with van der Waals surface area (Å²) in [5.74, 6) is -1.21. The van der Waals surface area contributed by atoms with Gasteiger partial charge in [0.25, 0.3) is 0 Å². The van der Waals surface area contributed by atoms with E-state index in [1.807, 2.05) is 0 Å². The van der Waals surface area contributed by atoms with Crippen molar-refractivity contribution in [3.63, 3.8) is 0 Å².